The minimum absolute atomic E-state index is 0.0177. The lowest BCUT2D eigenvalue weighted by Crippen LogP contribution is -2.50. The number of fused-ring (bicyclic) bond motifs is 1. The van der Waals surface area contributed by atoms with Gasteiger partial charge in [0.15, 0.2) is 0 Å². The van der Waals surface area contributed by atoms with Crippen LogP contribution in [-0.4, -0.2) is 44.1 Å². The Morgan fingerprint density at radius 2 is 1.77 bits per heavy atom. The number of benzene rings is 2. The van der Waals surface area contributed by atoms with Gasteiger partial charge in [-0.05, 0) is 69.2 Å². The molecule has 9 heteroatoms. The van der Waals surface area contributed by atoms with E-state index in [9.17, 15) is 13.2 Å². The average molecular weight is 465 g/mol. The zero-order chi connectivity index (χ0) is 22.2. The van der Waals surface area contributed by atoms with Crippen molar-refractivity contribution in [3.8, 4) is 5.75 Å². The number of rotatable bonds is 5. The van der Waals surface area contributed by atoms with Crippen LogP contribution in [0.4, 0.5) is 10.5 Å². The van der Waals surface area contributed by atoms with Crippen LogP contribution in [0.2, 0.25) is 5.02 Å². The Hall–Kier alpha value is -2.29. The summed E-state index contributed by atoms with van der Waals surface area (Å²) in [6, 6.07) is 11.7. The molecular weight excluding hydrogens is 440 g/mol. The van der Waals surface area contributed by atoms with E-state index in [-0.39, 0.29) is 23.6 Å². The number of anilines is 1. The molecule has 2 aromatic carbocycles. The van der Waals surface area contributed by atoms with Crippen molar-refractivity contribution >= 4 is 33.4 Å². The maximum atomic E-state index is 13.1. The molecule has 0 aromatic heterocycles. The summed E-state index contributed by atoms with van der Waals surface area (Å²) in [4.78, 5) is 14.3. The first-order chi connectivity index (χ1) is 14.8. The van der Waals surface area contributed by atoms with Gasteiger partial charge in [0, 0.05) is 29.7 Å². The summed E-state index contributed by atoms with van der Waals surface area (Å²) in [5.41, 5.74) is 1.63. The lowest BCUT2D eigenvalue weighted by atomic mass is 10.0. The molecule has 2 aliphatic rings. The molecule has 7 nitrogen and oxygen atoms in total. The van der Waals surface area contributed by atoms with Gasteiger partial charge in [-0.2, -0.15) is 4.31 Å². The second kappa shape index (κ2) is 8.68. The first-order valence-electron chi connectivity index (χ1n) is 10.3. The lowest BCUT2D eigenvalue weighted by molar-refractivity contribution is 0.136. The maximum absolute atomic E-state index is 13.1. The number of hydrogen-bond donors (Lipinski definition) is 0. The summed E-state index contributed by atoms with van der Waals surface area (Å²) >= 11 is 6.07. The SMILES string of the molecule is CC(C)Oc1ccc(S(=O)(=O)N2CCC(N3C(=O)OCc4cc(Cl)ccc43)CC2)cc1. The zero-order valence-corrected chi connectivity index (χ0v) is 19.0. The summed E-state index contributed by atoms with van der Waals surface area (Å²) in [5.74, 6) is 0.634. The number of halogens is 1. The van der Waals surface area contributed by atoms with Crippen LogP contribution in [0.3, 0.4) is 0 Å². The molecule has 2 aromatic rings. The molecule has 0 atom stereocenters. The number of carbonyl (C=O) groups excluding carboxylic acids is 1. The standard InChI is InChI=1S/C22H25ClN2O5S/c1-15(2)30-19-4-6-20(7-5-19)31(27,28)24-11-9-18(10-12-24)25-21-8-3-17(23)13-16(21)14-29-22(25)26/h3-8,13,15,18H,9-12,14H2,1-2H3. The van der Waals surface area contributed by atoms with Crippen LogP contribution in [0.15, 0.2) is 47.4 Å². The minimum atomic E-state index is -3.62. The number of piperidine rings is 1. The molecule has 2 heterocycles. The van der Waals surface area contributed by atoms with E-state index in [1.54, 1.807) is 41.3 Å². The maximum Gasteiger partial charge on any atom is 0.414 e. The quantitative estimate of drug-likeness (QED) is 0.654. The number of nitrogens with zero attached hydrogens (tertiary/aromatic N) is 2. The van der Waals surface area contributed by atoms with E-state index < -0.39 is 16.1 Å². The van der Waals surface area contributed by atoms with Gasteiger partial charge in [-0.15, -0.1) is 0 Å². The lowest BCUT2D eigenvalue weighted by Gasteiger charge is -2.39. The molecule has 1 fully saturated rings. The smallest absolute Gasteiger partial charge is 0.414 e. The first kappa shape index (κ1) is 21.9. The van der Waals surface area contributed by atoms with Gasteiger partial charge < -0.3 is 9.47 Å². The van der Waals surface area contributed by atoms with E-state index in [1.807, 2.05) is 19.9 Å². The van der Waals surface area contributed by atoms with E-state index in [4.69, 9.17) is 21.1 Å². The van der Waals surface area contributed by atoms with Crippen molar-refractivity contribution in [3.63, 3.8) is 0 Å². The van der Waals surface area contributed by atoms with Gasteiger partial charge in [-0.1, -0.05) is 11.6 Å². The highest BCUT2D eigenvalue weighted by Gasteiger charge is 2.37. The van der Waals surface area contributed by atoms with Gasteiger partial charge >= 0.3 is 6.09 Å². The second-order valence-corrected chi connectivity index (χ2v) is 10.3. The molecule has 31 heavy (non-hydrogen) atoms. The van der Waals surface area contributed by atoms with Crippen LogP contribution in [0.5, 0.6) is 5.75 Å². The molecular formula is C22H25ClN2O5S. The summed E-state index contributed by atoms with van der Waals surface area (Å²) < 4.78 is 38.5. The van der Waals surface area contributed by atoms with E-state index >= 15 is 0 Å². The molecule has 0 radical (unpaired) electrons. The fourth-order valence-electron chi connectivity index (χ4n) is 4.01. The number of carbonyl (C=O) groups is 1. The molecule has 1 saturated heterocycles. The van der Waals surface area contributed by atoms with Crippen LogP contribution in [0.25, 0.3) is 0 Å². The van der Waals surface area contributed by atoms with Crippen molar-refractivity contribution in [2.75, 3.05) is 18.0 Å². The van der Waals surface area contributed by atoms with Crippen molar-refractivity contribution in [2.24, 2.45) is 0 Å². The van der Waals surface area contributed by atoms with Crippen molar-refractivity contribution < 1.29 is 22.7 Å². The number of cyclic esters (lactones) is 1. The van der Waals surface area contributed by atoms with Crippen molar-refractivity contribution in [2.45, 2.75) is 50.3 Å². The van der Waals surface area contributed by atoms with Crippen molar-refractivity contribution in [3.05, 3.63) is 53.1 Å². The highest BCUT2D eigenvalue weighted by molar-refractivity contribution is 7.89. The normalized spacial score (nSPS) is 18.1. The molecule has 1 amide bonds. The van der Waals surface area contributed by atoms with Crippen LogP contribution < -0.4 is 9.64 Å². The molecule has 0 N–H and O–H groups in total. The molecule has 0 aliphatic carbocycles. The van der Waals surface area contributed by atoms with Crippen LogP contribution in [0, 0.1) is 0 Å². The third kappa shape index (κ3) is 4.51. The predicted octanol–water partition coefficient (Wildman–Crippen LogP) is 4.44. The van der Waals surface area contributed by atoms with E-state index in [0.29, 0.717) is 36.7 Å². The van der Waals surface area contributed by atoms with Gasteiger partial charge in [0.2, 0.25) is 10.0 Å². The Morgan fingerprint density at radius 1 is 1.10 bits per heavy atom. The largest absolute Gasteiger partial charge is 0.491 e. The molecule has 0 unspecified atom stereocenters. The summed E-state index contributed by atoms with van der Waals surface area (Å²) in [6.45, 7) is 4.67. The Bertz CT molecular complexity index is 1060. The van der Waals surface area contributed by atoms with Crippen molar-refractivity contribution in [1.29, 1.82) is 0 Å². The van der Waals surface area contributed by atoms with Gasteiger partial charge in [0.25, 0.3) is 0 Å². The topological polar surface area (TPSA) is 76.2 Å². The van der Waals surface area contributed by atoms with Crippen LogP contribution in [-0.2, 0) is 21.4 Å². The third-order valence-corrected chi connectivity index (χ3v) is 7.62. The predicted molar refractivity (Wildman–Crippen MR) is 118 cm³/mol. The van der Waals surface area contributed by atoms with E-state index in [1.165, 1.54) is 4.31 Å². The number of ether oxygens (including phenoxy) is 2. The molecule has 2 aliphatic heterocycles. The highest BCUT2D eigenvalue weighted by atomic mass is 35.5. The number of sulfonamides is 1. The van der Waals surface area contributed by atoms with Crippen LogP contribution in [0.1, 0.15) is 32.3 Å². The second-order valence-electron chi connectivity index (χ2n) is 7.97. The van der Waals surface area contributed by atoms with E-state index in [2.05, 4.69) is 0 Å². The average Bonchev–Trinajstić information content (AvgIpc) is 2.74. The van der Waals surface area contributed by atoms with Crippen LogP contribution >= 0.6 is 11.6 Å². The summed E-state index contributed by atoms with van der Waals surface area (Å²) in [5, 5.41) is 0.586. The van der Waals surface area contributed by atoms with Gasteiger partial charge in [-0.3, -0.25) is 4.90 Å². The fourth-order valence-corrected chi connectivity index (χ4v) is 5.67. The zero-order valence-electron chi connectivity index (χ0n) is 17.5. The van der Waals surface area contributed by atoms with Gasteiger partial charge in [-0.25, -0.2) is 13.2 Å². The molecule has 0 bridgehead atoms. The summed E-state index contributed by atoms with van der Waals surface area (Å²) in [6.07, 6.45) is 0.650. The van der Waals surface area contributed by atoms with E-state index in [0.717, 1.165) is 11.3 Å². The molecule has 4 rings (SSSR count). The Morgan fingerprint density at radius 3 is 2.42 bits per heavy atom. The molecule has 0 spiro atoms. The monoisotopic (exact) mass is 464 g/mol. The Balaban J connectivity index is 1.47. The minimum Gasteiger partial charge on any atom is -0.491 e. The molecule has 0 saturated carbocycles. The number of hydrogen-bond acceptors (Lipinski definition) is 5. The number of amides is 1. The Labute approximate surface area is 187 Å². The summed E-state index contributed by atoms with van der Waals surface area (Å²) in [7, 11) is -3.62. The first-order valence-corrected chi connectivity index (χ1v) is 12.1. The van der Waals surface area contributed by atoms with Crippen molar-refractivity contribution in [1.82, 2.24) is 4.31 Å². The fraction of sp³-hybridized carbons (Fsp3) is 0.409. The Kier molecular flexibility index (Phi) is 6.14. The molecule has 166 valence electrons. The highest BCUT2D eigenvalue weighted by Crippen LogP contribution is 2.34. The van der Waals surface area contributed by atoms with Gasteiger partial charge in [0.05, 0.1) is 16.7 Å². The van der Waals surface area contributed by atoms with Gasteiger partial charge in [0.1, 0.15) is 12.4 Å². The third-order valence-electron chi connectivity index (χ3n) is 5.47.